The lowest BCUT2D eigenvalue weighted by Gasteiger charge is -2.32. The van der Waals surface area contributed by atoms with E-state index in [2.05, 4.69) is 37.5 Å². The van der Waals surface area contributed by atoms with E-state index in [4.69, 9.17) is 0 Å². The van der Waals surface area contributed by atoms with Crippen LogP contribution >= 0.6 is 0 Å². The highest BCUT2D eigenvalue weighted by Crippen LogP contribution is 2.32. The highest BCUT2D eigenvalue weighted by Gasteiger charge is 2.26. The van der Waals surface area contributed by atoms with Gasteiger partial charge in [0.25, 0.3) is 0 Å². The molecular formula is C26H32F2N4O. The van der Waals surface area contributed by atoms with Crippen LogP contribution in [0.15, 0.2) is 83.1 Å². The van der Waals surface area contributed by atoms with Gasteiger partial charge in [-0.2, -0.15) is 0 Å². The number of halogens is 2. The summed E-state index contributed by atoms with van der Waals surface area (Å²) in [5.41, 5.74) is 2.88. The van der Waals surface area contributed by atoms with Gasteiger partial charge in [0, 0.05) is 50.5 Å². The van der Waals surface area contributed by atoms with Crippen LogP contribution in [-0.4, -0.2) is 35.5 Å². The fraction of sp³-hybridized carbons (Fsp3) is 0.308. The minimum Gasteiger partial charge on any atom is -0.380 e. The van der Waals surface area contributed by atoms with Gasteiger partial charge >= 0.3 is 0 Å². The molecule has 33 heavy (non-hydrogen) atoms. The molecule has 2 heterocycles. The first kappa shape index (κ1) is 24.2. The van der Waals surface area contributed by atoms with Crippen molar-refractivity contribution in [2.45, 2.75) is 33.2 Å². The van der Waals surface area contributed by atoms with Gasteiger partial charge in [0.05, 0.1) is 5.70 Å². The summed E-state index contributed by atoms with van der Waals surface area (Å²) >= 11 is 0. The van der Waals surface area contributed by atoms with Crippen LogP contribution < -0.4 is 5.32 Å². The zero-order chi connectivity index (χ0) is 24.0. The first-order chi connectivity index (χ1) is 15.8. The average Bonchev–Trinajstić information content (AvgIpc) is 3.00. The maximum Gasteiger partial charge on any atom is 0.223 e. The summed E-state index contributed by atoms with van der Waals surface area (Å²) in [6.07, 6.45) is 10.3. The summed E-state index contributed by atoms with van der Waals surface area (Å²) in [6, 6.07) is 3.42. The minimum absolute atomic E-state index is 0. The number of aliphatic imine (C=N–C) groups is 1. The van der Waals surface area contributed by atoms with Crippen molar-refractivity contribution in [3.8, 4) is 0 Å². The molecular weight excluding hydrogens is 422 g/mol. The lowest BCUT2D eigenvalue weighted by molar-refractivity contribution is -0.131. The van der Waals surface area contributed by atoms with Gasteiger partial charge in [0.2, 0.25) is 5.91 Å². The number of fused-ring (bicyclic) bond motifs is 1. The van der Waals surface area contributed by atoms with Gasteiger partial charge in [0.1, 0.15) is 11.6 Å². The highest BCUT2D eigenvalue weighted by molar-refractivity contribution is 5.76. The molecule has 7 heteroatoms. The van der Waals surface area contributed by atoms with E-state index < -0.39 is 11.6 Å². The SMILES string of the molecule is C=C/C1=C(\N=C)N2C(=CC=CC=C2C(C)C)CCC(=O)N(Cc2ccc(F)cc2F)CCN1.[HH]. The first-order valence-electron chi connectivity index (χ1n) is 11.0. The number of benzene rings is 1. The van der Waals surface area contributed by atoms with Gasteiger partial charge in [-0.3, -0.25) is 4.79 Å². The molecule has 2 aliphatic rings. The molecule has 1 N–H and O–H groups in total. The van der Waals surface area contributed by atoms with E-state index in [0.717, 1.165) is 17.5 Å². The van der Waals surface area contributed by atoms with Crippen molar-refractivity contribution >= 4 is 12.6 Å². The van der Waals surface area contributed by atoms with Gasteiger partial charge < -0.3 is 15.1 Å². The van der Waals surface area contributed by atoms with E-state index in [1.54, 1.807) is 11.0 Å². The molecule has 0 atom stereocenters. The molecule has 0 aliphatic carbocycles. The molecule has 5 nitrogen and oxygen atoms in total. The topological polar surface area (TPSA) is 47.9 Å². The predicted molar refractivity (Wildman–Crippen MR) is 130 cm³/mol. The number of amides is 1. The van der Waals surface area contributed by atoms with Gasteiger partial charge in [-0.1, -0.05) is 38.6 Å². The summed E-state index contributed by atoms with van der Waals surface area (Å²) in [4.78, 5) is 21.1. The molecule has 0 saturated carbocycles. The molecule has 0 bridgehead atoms. The Morgan fingerprint density at radius 1 is 1.24 bits per heavy atom. The number of carbonyl (C=O) groups is 1. The lowest BCUT2D eigenvalue weighted by Crippen LogP contribution is -2.36. The number of rotatable bonds is 5. The van der Waals surface area contributed by atoms with Crippen LogP contribution in [0.4, 0.5) is 8.78 Å². The molecule has 0 unspecified atom stereocenters. The molecule has 0 saturated heterocycles. The third kappa shape index (κ3) is 5.66. The fourth-order valence-corrected chi connectivity index (χ4v) is 3.92. The number of hydrogen-bond donors (Lipinski definition) is 1. The van der Waals surface area contributed by atoms with Gasteiger partial charge in [-0.15, -0.1) is 0 Å². The zero-order valence-electron chi connectivity index (χ0n) is 19.2. The second-order valence-corrected chi connectivity index (χ2v) is 8.20. The van der Waals surface area contributed by atoms with Crippen molar-refractivity contribution in [3.63, 3.8) is 0 Å². The first-order valence-corrected chi connectivity index (χ1v) is 11.0. The largest absolute Gasteiger partial charge is 0.380 e. The fourth-order valence-electron chi connectivity index (χ4n) is 3.92. The Labute approximate surface area is 195 Å². The van der Waals surface area contributed by atoms with E-state index in [1.807, 2.05) is 29.2 Å². The van der Waals surface area contributed by atoms with Crippen molar-refractivity contribution in [1.82, 2.24) is 15.1 Å². The van der Waals surface area contributed by atoms with Crippen LogP contribution in [-0.2, 0) is 11.3 Å². The van der Waals surface area contributed by atoms with E-state index in [-0.39, 0.29) is 31.8 Å². The Balaban J connectivity index is 0.00000408. The monoisotopic (exact) mass is 454 g/mol. The molecule has 0 fully saturated rings. The summed E-state index contributed by atoms with van der Waals surface area (Å²) in [5, 5.41) is 3.30. The third-order valence-corrected chi connectivity index (χ3v) is 5.63. The Morgan fingerprint density at radius 3 is 2.67 bits per heavy atom. The second-order valence-electron chi connectivity index (χ2n) is 8.20. The van der Waals surface area contributed by atoms with Gasteiger partial charge in [-0.25, -0.2) is 13.8 Å². The van der Waals surface area contributed by atoms with Gasteiger partial charge in [0.15, 0.2) is 5.82 Å². The van der Waals surface area contributed by atoms with Crippen molar-refractivity contribution in [1.29, 1.82) is 0 Å². The van der Waals surface area contributed by atoms with Crippen LogP contribution in [0.5, 0.6) is 0 Å². The maximum absolute atomic E-state index is 14.3. The zero-order valence-corrected chi connectivity index (χ0v) is 19.2. The van der Waals surface area contributed by atoms with E-state index >= 15 is 0 Å². The summed E-state index contributed by atoms with van der Waals surface area (Å²) in [5.74, 6) is -0.610. The summed E-state index contributed by atoms with van der Waals surface area (Å²) < 4.78 is 27.6. The second kappa shape index (κ2) is 10.9. The van der Waals surface area contributed by atoms with Crippen molar-refractivity contribution in [3.05, 3.63) is 95.3 Å². The standard InChI is InChI=1S/C26H30F2N4O.H2/c1-5-23-26(29-4)32-21(8-6-7-9-24(32)18(2)3)12-13-25(33)31(15-14-30-23)17-19-10-11-20(27)16-22(19)28;/h5-11,16,18,30H,1,4,12-15,17H2,2-3H3;1H/b26-23-;. The molecule has 0 spiro atoms. The predicted octanol–water partition coefficient (Wildman–Crippen LogP) is 5.27. The number of hydrogen-bond acceptors (Lipinski definition) is 4. The van der Waals surface area contributed by atoms with E-state index in [0.29, 0.717) is 31.0 Å². The number of nitrogens with zero attached hydrogens (tertiary/aromatic N) is 3. The summed E-state index contributed by atoms with van der Waals surface area (Å²) in [7, 11) is 0. The highest BCUT2D eigenvalue weighted by atomic mass is 19.1. The third-order valence-electron chi connectivity index (χ3n) is 5.63. The average molecular weight is 455 g/mol. The Kier molecular flexibility index (Phi) is 7.98. The number of carbonyl (C=O) groups excluding carboxylic acids is 1. The maximum atomic E-state index is 14.3. The smallest absolute Gasteiger partial charge is 0.223 e. The van der Waals surface area contributed by atoms with E-state index in [9.17, 15) is 13.6 Å². The molecule has 176 valence electrons. The summed E-state index contributed by atoms with van der Waals surface area (Å²) in [6.45, 7) is 12.7. The molecule has 1 aromatic rings. The van der Waals surface area contributed by atoms with Gasteiger partial charge in [-0.05, 0) is 43.4 Å². The van der Waals surface area contributed by atoms with Crippen molar-refractivity contribution in [2.24, 2.45) is 10.9 Å². The normalized spacial score (nSPS) is 19.7. The van der Waals surface area contributed by atoms with Crippen LogP contribution in [0.2, 0.25) is 0 Å². The molecule has 0 aromatic heterocycles. The molecule has 1 amide bonds. The Hall–Kier alpha value is -3.48. The van der Waals surface area contributed by atoms with Crippen molar-refractivity contribution < 1.29 is 15.0 Å². The lowest BCUT2D eigenvalue weighted by atomic mass is 10.1. The minimum atomic E-state index is -0.663. The van der Waals surface area contributed by atoms with E-state index in [1.165, 1.54) is 12.1 Å². The Morgan fingerprint density at radius 2 is 2.00 bits per heavy atom. The van der Waals surface area contributed by atoms with Crippen LogP contribution in [0.1, 0.15) is 33.7 Å². The number of nitrogens with one attached hydrogen (secondary N) is 1. The van der Waals surface area contributed by atoms with Crippen molar-refractivity contribution in [2.75, 3.05) is 13.1 Å². The molecule has 0 radical (unpaired) electrons. The molecule has 3 rings (SSSR count). The quantitative estimate of drug-likeness (QED) is 0.617. The molecule has 2 aliphatic heterocycles. The Bertz CT molecular complexity index is 1060. The molecule has 1 aromatic carbocycles. The number of allylic oxidation sites excluding steroid dienone is 7. The van der Waals surface area contributed by atoms with Crippen LogP contribution in [0.25, 0.3) is 0 Å². The van der Waals surface area contributed by atoms with Crippen LogP contribution in [0.3, 0.4) is 0 Å². The van der Waals surface area contributed by atoms with Crippen LogP contribution in [0, 0.1) is 17.6 Å².